The summed E-state index contributed by atoms with van der Waals surface area (Å²) in [5, 5.41) is 15.4. The number of hydrogen-bond acceptors (Lipinski definition) is 12. The van der Waals surface area contributed by atoms with Crippen LogP contribution in [0.25, 0.3) is 11.5 Å². The van der Waals surface area contributed by atoms with Crippen LogP contribution in [0.2, 0.25) is 0 Å². The van der Waals surface area contributed by atoms with Crippen molar-refractivity contribution in [3.8, 4) is 23.5 Å². The molecule has 2 N–H and O–H groups in total. The van der Waals surface area contributed by atoms with Crippen molar-refractivity contribution in [2.24, 2.45) is 0 Å². The molecule has 3 aromatic heterocycles. The van der Waals surface area contributed by atoms with Gasteiger partial charge in [0.25, 0.3) is 0 Å². The minimum Gasteiger partial charge on any atom is -0.473 e. The molecule has 5 heterocycles. The highest BCUT2D eigenvalue weighted by molar-refractivity contribution is 7.16. The zero-order chi connectivity index (χ0) is 36.0. The number of likely N-dealkylation sites (N-methyl/N-ethyl adjacent to an activating group) is 1. The first-order valence-corrected chi connectivity index (χ1v) is 18.9. The van der Waals surface area contributed by atoms with Gasteiger partial charge in [0.1, 0.15) is 28.6 Å². The molecule has 0 radical (unpaired) electrons. The average molecular weight is 705 g/mol. The number of likely N-dealkylation sites (tertiary alicyclic amines) is 1. The second-order valence-electron chi connectivity index (χ2n) is 15.4. The molecule has 2 fully saturated rings. The third kappa shape index (κ3) is 6.89. The average Bonchev–Trinajstić information content (AvgIpc) is 3.77. The summed E-state index contributed by atoms with van der Waals surface area (Å²) < 4.78 is 18.6. The zero-order valence-corrected chi connectivity index (χ0v) is 31.7. The van der Waals surface area contributed by atoms with Crippen LogP contribution in [0.1, 0.15) is 108 Å². The second-order valence-corrected chi connectivity index (χ2v) is 16.5. The van der Waals surface area contributed by atoms with Crippen LogP contribution in [-0.2, 0) is 23.0 Å². The summed E-state index contributed by atoms with van der Waals surface area (Å²) >= 11 is 1.51. The van der Waals surface area contributed by atoms with Crippen LogP contribution in [0.4, 0.5) is 15.6 Å². The number of piperazine rings is 1. The van der Waals surface area contributed by atoms with E-state index in [1.165, 1.54) is 11.3 Å². The van der Waals surface area contributed by atoms with Gasteiger partial charge in [-0.25, -0.2) is 9.78 Å². The smallest absolute Gasteiger partial charge is 0.410 e. The van der Waals surface area contributed by atoms with E-state index in [0.29, 0.717) is 59.8 Å². The maximum Gasteiger partial charge on any atom is 0.410 e. The summed E-state index contributed by atoms with van der Waals surface area (Å²) in [6.45, 7) is 16.8. The van der Waals surface area contributed by atoms with Crippen molar-refractivity contribution in [1.29, 1.82) is 5.26 Å². The number of hydrogen-bond donors (Lipinski definition) is 1. The van der Waals surface area contributed by atoms with Gasteiger partial charge >= 0.3 is 6.09 Å². The van der Waals surface area contributed by atoms with Crippen molar-refractivity contribution in [1.82, 2.24) is 24.9 Å². The molecule has 0 bridgehead atoms. The summed E-state index contributed by atoms with van der Waals surface area (Å²) in [5.41, 5.74) is 8.30. The zero-order valence-electron chi connectivity index (χ0n) is 30.8. The van der Waals surface area contributed by atoms with E-state index in [9.17, 15) is 10.1 Å². The Morgan fingerprint density at radius 1 is 1.26 bits per heavy atom. The van der Waals surface area contributed by atoms with Gasteiger partial charge in [-0.15, -0.1) is 11.3 Å². The first-order valence-electron chi connectivity index (χ1n) is 18.1. The van der Waals surface area contributed by atoms with Crippen LogP contribution < -0.4 is 15.4 Å². The molecule has 1 amide bonds. The Morgan fingerprint density at radius 3 is 2.70 bits per heavy atom. The van der Waals surface area contributed by atoms with Crippen LogP contribution >= 0.6 is 11.3 Å². The number of carbonyl (C=O) groups is 1. The summed E-state index contributed by atoms with van der Waals surface area (Å²) in [5.74, 6) is 2.38. The Bertz CT molecular complexity index is 1760. The molecule has 4 atom stereocenters. The fraction of sp³-hybridized carbons (Fsp3) is 0.649. The highest BCUT2D eigenvalue weighted by Gasteiger charge is 2.44. The SMILES string of the molecule is CCCc1c(-c2nc(O[C@@H](C)[C@@H]3CCCN3C)cc(N3CCN(C(=O)OC(C)(C)C)[C@@H](C)C3)n2)noc1[C@@]1(C)CCCc2sc(N)c(C#N)c21. The van der Waals surface area contributed by atoms with Crippen molar-refractivity contribution in [2.75, 3.05) is 43.9 Å². The fourth-order valence-corrected chi connectivity index (χ4v) is 9.21. The summed E-state index contributed by atoms with van der Waals surface area (Å²) in [6.07, 6.45) is 6.05. The van der Waals surface area contributed by atoms with E-state index in [1.54, 1.807) is 4.90 Å². The standard InChI is InChI=1S/C37H52N8O4S/c1-9-12-24-31(42-49-32(24)37(7)15-10-14-27-30(37)25(20-38)33(39)50-27)34-40-28(19-29(41-34)47-23(3)26-13-11-16-43(26)8)44-17-18-45(22(2)21-44)35(46)48-36(4,5)6/h19,22-23,26H,9-18,21,39H2,1-8H3/t22-,23-,26-,37-/m0/s1. The molecule has 3 aromatic rings. The Morgan fingerprint density at radius 2 is 2.04 bits per heavy atom. The number of ether oxygens (including phenoxy) is 2. The molecular weight excluding hydrogens is 653 g/mol. The number of amides is 1. The molecular formula is C37H52N8O4S. The van der Waals surface area contributed by atoms with Crippen molar-refractivity contribution in [3.05, 3.63) is 33.4 Å². The number of rotatable bonds is 8. The van der Waals surface area contributed by atoms with Crippen LogP contribution in [-0.4, -0.2) is 88.0 Å². The molecule has 3 aliphatic rings. The van der Waals surface area contributed by atoms with Gasteiger partial charge in [0, 0.05) is 48.2 Å². The van der Waals surface area contributed by atoms with Gasteiger partial charge in [-0.2, -0.15) is 10.2 Å². The quantitative estimate of drug-likeness (QED) is 0.272. The van der Waals surface area contributed by atoms with E-state index in [4.69, 9.17) is 29.7 Å². The molecule has 270 valence electrons. The van der Waals surface area contributed by atoms with Gasteiger partial charge in [0.05, 0.1) is 11.0 Å². The minimum atomic E-state index is -0.569. The van der Waals surface area contributed by atoms with Crippen LogP contribution in [0, 0.1) is 11.3 Å². The molecule has 0 unspecified atom stereocenters. The van der Waals surface area contributed by atoms with Crippen LogP contribution in [0.5, 0.6) is 5.88 Å². The molecule has 50 heavy (non-hydrogen) atoms. The molecule has 13 heteroatoms. The lowest BCUT2D eigenvalue weighted by atomic mass is 9.69. The van der Waals surface area contributed by atoms with Gasteiger partial charge in [0.2, 0.25) is 5.88 Å². The van der Waals surface area contributed by atoms with Crippen molar-refractivity contribution >= 4 is 28.2 Å². The lowest BCUT2D eigenvalue weighted by Gasteiger charge is -2.40. The molecule has 1 aliphatic carbocycles. The van der Waals surface area contributed by atoms with Gasteiger partial charge in [-0.05, 0) is 99.2 Å². The largest absolute Gasteiger partial charge is 0.473 e. The van der Waals surface area contributed by atoms with Crippen LogP contribution in [0.15, 0.2) is 10.6 Å². The van der Waals surface area contributed by atoms with E-state index < -0.39 is 11.0 Å². The minimum absolute atomic E-state index is 0.0861. The van der Waals surface area contributed by atoms with Crippen molar-refractivity contribution < 1.29 is 18.8 Å². The number of fused-ring (bicyclic) bond motifs is 1. The Labute approximate surface area is 299 Å². The van der Waals surface area contributed by atoms with E-state index >= 15 is 0 Å². The van der Waals surface area contributed by atoms with Crippen molar-refractivity contribution in [2.45, 2.75) is 123 Å². The monoisotopic (exact) mass is 704 g/mol. The van der Waals surface area contributed by atoms with Gasteiger partial charge in [0.15, 0.2) is 17.3 Å². The predicted molar refractivity (Wildman–Crippen MR) is 195 cm³/mol. The third-order valence-electron chi connectivity index (χ3n) is 10.4. The molecule has 12 nitrogen and oxygen atoms in total. The number of nitriles is 1. The summed E-state index contributed by atoms with van der Waals surface area (Å²) in [4.78, 5) is 30.6. The van der Waals surface area contributed by atoms with Gasteiger partial charge < -0.3 is 29.5 Å². The number of nitrogens with zero attached hydrogens (tertiary/aromatic N) is 7. The van der Waals surface area contributed by atoms with E-state index in [2.05, 4.69) is 48.8 Å². The summed E-state index contributed by atoms with van der Waals surface area (Å²) in [6, 6.07) is 4.48. The number of carbonyl (C=O) groups excluding carboxylic acids is 1. The molecule has 0 spiro atoms. The number of aryl methyl sites for hydroxylation is 1. The van der Waals surface area contributed by atoms with Crippen LogP contribution in [0.3, 0.4) is 0 Å². The number of aromatic nitrogens is 3. The first-order chi connectivity index (χ1) is 23.7. The van der Waals surface area contributed by atoms with Gasteiger partial charge in [-0.1, -0.05) is 18.5 Å². The summed E-state index contributed by atoms with van der Waals surface area (Å²) in [7, 11) is 2.14. The molecule has 6 rings (SSSR count). The molecule has 0 saturated carbocycles. The van der Waals surface area contributed by atoms with E-state index in [1.807, 2.05) is 33.8 Å². The maximum absolute atomic E-state index is 13.0. The van der Waals surface area contributed by atoms with E-state index in [0.717, 1.165) is 66.8 Å². The Kier molecular flexibility index (Phi) is 10.1. The first kappa shape index (κ1) is 35.9. The highest BCUT2D eigenvalue weighted by Crippen LogP contribution is 2.50. The predicted octanol–water partition coefficient (Wildman–Crippen LogP) is 6.55. The number of nitrogen functional groups attached to an aromatic ring is 1. The third-order valence-corrected chi connectivity index (χ3v) is 11.5. The number of nitrogens with two attached hydrogens (primary N) is 1. The second kappa shape index (κ2) is 14.0. The van der Waals surface area contributed by atoms with Crippen molar-refractivity contribution in [3.63, 3.8) is 0 Å². The fourth-order valence-electron chi connectivity index (χ4n) is 8.02. The van der Waals surface area contributed by atoms with Gasteiger partial charge in [-0.3, -0.25) is 4.90 Å². The Hall–Kier alpha value is -3.89. The number of anilines is 2. The van der Waals surface area contributed by atoms with E-state index in [-0.39, 0.29) is 24.3 Å². The topological polar surface area (TPSA) is 147 Å². The molecule has 2 saturated heterocycles. The highest BCUT2D eigenvalue weighted by atomic mass is 32.1. The molecule has 2 aliphatic heterocycles. The number of thiophene rings is 1. The Balaban J connectivity index is 1.39. The lowest BCUT2D eigenvalue weighted by molar-refractivity contribution is 0.0158. The molecule has 0 aromatic carbocycles. The maximum atomic E-state index is 13.0. The lowest BCUT2D eigenvalue weighted by Crippen LogP contribution is -2.55. The normalized spacial score (nSPS) is 23.4.